The van der Waals surface area contributed by atoms with Crippen LogP contribution in [0.15, 0.2) is 18.2 Å². The van der Waals surface area contributed by atoms with Crippen LogP contribution in [0.2, 0.25) is 0 Å². The lowest BCUT2D eigenvalue weighted by Crippen LogP contribution is -2.32. The first-order valence-electron chi connectivity index (χ1n) is 5.05. The Morgan fingerprint density at radius 2 is 1.76 bits per heavy atom. The molecule has 0 saturated heterocycles. The van der Waals surface area contributed by atoms with Gasteiger partial charge in [0.05, 0.1) is 6.54 Å². The van der Waals surface area contributed by atoms with Crippen molar-refractivity contribution in [3.05, 3.63) is 29.8 Å². The van der Waals surface area contributed by atoms with Crippen molar-refractivity contribution in [2.24, 2.45) is 0 Å². The molecule has 0 aliphatic heterocycles. The molecule has 17 heavy (non-hydrogen) atoms. The molecule has 0 aliphatic rings. The van der Waals surface area contributed by atoms with Gasteiger partial charge in [-0.2, -0.15) is 0 Å². The first-order valence-corrected chi connectivity index (χ1v) is 5.05. The fraction of sp³-hybridized carbons (Fsp3) is 0.273. The van der Waals surface area contributed by atoms with Gasteiger partial charge in [-0.05, 0) is 12.1 Å². The van der Waals surface area contributed by atoms with E-state index in [1.54, 1.807) is 6.92 Å². The molecule has 0 bridgehead atoms. The molecule has 2 amide bonds. The van der Waals surface area contributed by atoms with Gasteiger partial charge in [-0.1, -0.05) is 13.0 Å². The van der Waals surface area contributed by atoms with Crippen LogP contribution in [0.25, 0.3) is 0 Å². The summed E-state index contributed by atoms with van der Waals surface area (Å²) in [6, 6.07) is 3.26. The van der Waals surface area contributed by atoms with Gasteiger partial charge in [0.1, 0.15) is 17.3 Å². The summed E-state index contributed by atoms with van der Waals surface area (Å²) >= 11 is 0. The Balaban J connectivity index is 2.59. The normalized spacial score (nSPS) is 9.82. The molecule has 0 saturated carbocycles. The van der Waals surface area contributed by atoms with Gasteiger partial charge in [0, 0.05) is 6.42 Å². The SMILES string of the molecule is CCC(=O)NCC(=O)Nc1c(F)cccc1F. The lowest BCUT2D eigenvalue weighted by Gasteiger charge is -2.07. The van der Waals surface area contributed by atoms with Crippen LogP contribution in [-0.2, 0) is 9.59 Å². The first kappa shape index (κ1) is 13.1. The van der Waals surface area contributed by atoms with E-state index in [4.69, 9.17) is 0 Å². The second-order valence-corrected chi connectivity index (χ2v) is 3.28. The summed E-state index contributed by atoms with van der Waals surface area (Å²) in [4.78, 5) is 22.1. The van der Waals surface area contributed by atoms with Crippen LogP contribution in [0.1, 0.15) is 13.3 Å². The smallest absolute Gasteiger partial charge is 0.243 e. The molecule has 1 aromatic rings. The van der Waals surface area contributed by atoms with Crippen molar-refractivity contribution < 1.29 is 18.4 Å². The van der Waals surface area contributed by atoms with Gasteiger partial charge < -0.3 is 10.6 Å². The third-order valence-electron chi connectivity index (χ3n) is 1.99. The number of carbonyl (C=O) groups excluding carboxylic acids is 2. The highest BCUT2D eigenvalue weighted by molar-refractivity contribution is 5.94. The zero-order valence-electron chi connectivity index (χ0n) is 9.22. The van der Waals surface area contributed by atoms with Crippen molar-refractivity contribution in [2.75, 3.05) is 11.9 Å². The predicted octanol–water partition coefficient (Wildman–Crippen LogP) is 1.43. The van der Waals surface area contributed by atoms with Gasteiger partial charge in [-0.25, -0.2) is 8.78 Å². The summed E-state index contributed by atoms with van der Waals surface area (Å²) in [7, 11) is 0. The molecule has 2 N–H and O–H groups in total. The topological polar surface area (TPSA) is 58.2 Å². The molecule has 0 atom stereocenters. The summed E-state index contributed by atoms with van der Waals surface area (Å²) < 4.78 is 26.3. The summed E-state index contributed by atoms with van der Waals surface area (Å²) in [6.45, 7) is 1.31. The molecule has 6 heteroatoms. The van der Waals surface area contributed by atoms with E-state index in [1.165, 1.54) is 6.07 Å². The van der Waals surface area contributed by atoms with Gasteiger partial charge >= 0.3 is 0 Å². The van der Waals surface area contributed by atoms with E-state index < -0.39 is 23.2 Å². The van der Waals surface area contributed by atoms with Gasteiger partial charge in [0.15, 0.2) is 0 Å². The van der Waals surface area contributed by atoms with Gasteiger partial charge in [-0.3, -0.25) is 9.59 Å². The highest BCUT2D eigenvalue weighted by Crippen LogP contribution is 2.17. The number of rotatable bonds is 4. The molecule has 0 aromatic heterocycles. The van der Waals surface area contributed by atoms with E-state index in [2.05, 4.69) is 10.6 Å². The van der Waals surface area contributed by atoms with E-state index in [9.17, 15) is 18.4 Å². The van der Waals surface area contributed by atoms with Crippen LogP contribution in [0.4, 0.5) is 14.5 Å². The number of hydrogen-bond acceptors (Lipinski definition) is 2. The number of hydrogen-bond donors (Lipinski definition) is 2. The molecule has 0 spiro atoms. The number of nitrogens with one attached hydrogen (secondary N) is 2. The van der Waals surface area contributed by atoms with E-state index in [-0.39, 0.29) is 18.9 Å². The third kappa shape index (κ3) is 3.82. The largest absolute Gasteiger partial charge is 0.347 e. The molecule has 0 unspecified atom stereocenters. The fourth-order valence-corrected chi connectivity index (χ4v) is 1.10. The second kappa shape index (κ2) is 5.93. The molecule has 4 nitrogen and oxygen atoms in total. The number of halogens is 2. The number of anilines is 1. The lowest BCUT2D eigenvalue weighted by molar-refractivity contribution is -0.123. The van der Waals surface area contributed by atoms with Crippen LogP contribution in [0.5, 0.6) is 0 Å². The monoisotopic (exact) mass is 242 g/mol. The molecular weight excluding hydrogens is 230 g/mol. The predicted molar refractivity (Wildman–Crippen MR) is 58.3 cm³/mol. The number of carbonyl (C=O) groups is 2. The lowest BCUT2D eigenvalue weighted by atomic mass is 10.3. The van der Waals surface area contributed by atoms with E-state index in [1.807, 2.05) is 0 Å². The van der Waals surface area contributed by atoms with Crippen LogP contribution < -0.4 is 10.6 Å². The number of amides is 2. The standard InChI is InChI=1S/C11H12F2N2O2/c1-2-9(16)14-6-10(17)15-11-7(12)4-3-5-8(11)13/h3-5H,2,6H2,1H3,(H,14,16)(H,15,17). The van der Waals surface area contributed by atoms with E-state index >= 15 is 0 Å². The Morgan fingerprint density at radius 3 is 2.29 bits per heavy atom. The van der Waals surface area contributed by atoms with Gasteiger partial charge in [0.25, 0.3) is 0 Å². The maximum atomic E-state index is 13.1. The Kier molecular flexibility index (Phi) is 4.56. The highest BCUT2D eigenvalue weighted by Gasteiger charge is 2.11. The molecule has 1 aromatic carbocycles. The summed E-state index contributed by atoms with van der Waals surface area (Å²) in [5, 5.41) is 4.35. The zero-order chi connectivity index (χ0) is 12.8. The fourth-order valence-electron chi connectivity index (χ4n) is 1.10. The van der Waals surface area contributed by atoms with Crippen LogP contribution >= 0.6 is 0 Å². The number of para-hydroxylation sites is 1. The van der Waals surface area contributed by atoms with Gasteiger partial charge in [0.2, 0.25) is 11.8 Å². The second-order valence-electron chi connectivity index (χ2n) is 3.28. The Bertz CT molecular complexity index is 415. The van der Waals surface area contributed by atoms with Gasteiger partial charge in [-0.15, -0.1) is 0 Å². The molecular formula is C11H12F2N2O2. The van der Waals surface area contributed by atoms with Crippen LogP contribution in [0.3, 0.4) is 0 Å². The zero-order valence-corrected chi connectivity index (χ0v) is 9.22. The minimum atomic E-state index is -0.861. The summed E-state index contributed by atoms with van der Waals surface area (Å²) in [6.07, 6.45) is 0.237. The summed E-state index contributed by atoms with van der Waals surface area (Å²) in [5.74, 6) is -2.72. The molecule has 1 rings (SSSR count). The van der Waals surface area contributed by atoms with Crippen molar-refractivity contribution in [3.63, 3.8) is 0 Å². The maximum absolute atomic E-state index is 13.1. The van der Waals surface area contributed by atoms with Crippen LogP contribution in [-0.4, -0.2) is 18.4 Å². The third-order valence-corrected chi connectivity index (χ3v) is 1.99. The average Bonchev–Trinajstić information content (AvgIpc) is 2.31. The Hall–Kier alpha value is -1.98. The van der Waals surface area contributed by atoms with E-state index in [0.717, 1.165) is 12.1 Å². The van der Waals surface area contributed by atoms with Crippen molar-refractivity contribution in [1.29, 1.82) is 0 Å². The van der Waals surface area contributed by atoms with Crippen LogP contribution in [0, 0.1) is 11.6 Å². The van der Waals surface area contributed by atoms with E-state index in [0.29, 0.717) is 0 Å². The van der Waals surface area contributed by atoms with Crippen molar-refractivity contribution in [1.82, 2.24) is 5.32 Å². The average molecular weight is 242 g/mol. The molecule has 92 valence electrons. The highest BCUT2D eigenvalue weighted by atomic mass is 19.1. The molecule has 0 radical (unpaired) electrons. The first-order chi connectivity index (χ1) is 8.04. The minimum absolute atomic E-state index is 0.237. The molecule has 0 fully saturated rings. The molecule has 0 heterocycles. The Labute approximate surface area is 97.0 Å². The Morgan fingerprint density at radius 1 is 1.18 bits per heavy atom. The quantitative estimate of drug-likeness (QED) is 0.839. The van der Waals surface area contributed by atoms with Crippen molar-refractivity contribution in [2.45, 2.75) is 13.3 Å². The maximum Gasteiger partial charge on any atom is 0.243 e. The number of benzene rings is 1. The van der Waals surface area contributed by atoms with Crippen molar-refractivity contribution >= 4 is 17.5 Å². The minimum Gasteiger partial charge on any atom is -0.347 e. The summed E-state index contributed by atoms with van der Waals surface area (Å²) in [5.41, 5.74) is -0.511. The van der Waals surface area contributed by atoms with Crippen molar-refractivity contribution in [3.8, 4) is 0 Å². The molecule has 0 aliphatic carbocycles.